The van der Waals surface area contributed by atoms with Crippen molar-refractivity contribution >= 4 is 45.6 Å². The van der Waals surface area contributed by atoms with Gasteiger partial charge in [0.25, 0.3) is 5.91 Å². The number of rotatable bonds is 5. The van der Waals surface area contributed by atoms with Crippen LogP contribution >= 0.6 is 0 Å². The average Bonchev–Trinajstić information content (AvgIpc) is 3.12. The largest absolute Gasteiger partial charge is 0.368 e. The monoisotopic (exact) mass is 402 g/mol. The molecule has 7 heteroatoms. The van der Waals surface area contributed by atoms with Crippen LogP contribution in [0.4, 0.5) is 4.39 Å². The van der Waals surface area contributed by atoms with Gasteiger partial charge in [0.1, 0.15) is 11.9 Å². The number of hydrogen-bond donors (Lipinski definition) is 3. The maximum Gasteiger partial charge on any atom is 0.254 e. The maximum absolute atomic E-state index is 14.4. The molecule has 0 saturated carbocycles. The summed E-state index contributed by atoms with van der Waals surface area (Å²) >= 11 is 0. The molecule has 0 aliphatic heterocycles. The molecule has 3 aromatic carbocycles. The topological polar surface area (TPSA) is 101 Å². The van der Waals surface area contributed by atoms with E-state index in [-0.39, 0.29) is 5.56 Å². The van der Waals surface area contributed by atoms with Gasteiger partial charge < -0.3 is 11.1 Å². The molecule has 0 unspecified atom stereocenters. The minimum atomic E-state index is -0.913. The number of carbonyl (C=O) groups is 2. The Kier molecular flexibility index (Phi) is 5.02. The van der Waals surface area contributed by atoms with Gasteiger partial charge in [0.2, 0.25) is 5.91 Å². The number of nitrogens with zero attached hydrogens (tertiary/aromatic N) is 1. The number of fused-ring (bicyclic) bond motifs is 2. The van der Waals surface area contributed by atoms with Crippen molar-refractivity contribution in [2.24, 2.45) is 5.73 Å². The molecule has 1 aromatic heterocycles. The lowest BCUT2D eigenvalue weighted by molar-refractivity contribution is -0.119. The van der Waals surface area contributed by atoms with E-state index in [1.807, 2.05) is 42.5 Å². The molecule has 150 valence electrons. The Hall–Kier alpha value is -4.00. The minimum absolute atomic E-state index is 0.183. The van der Waals surface area contributed by atoms with Crippen molar-refractivity contribution in [2.45, 2.75) is 13.0 Å². The summed E-state index contributed by atoms with van der Waals surface area (Å²) < 4.78 is 14.4. The summed E-state index contributed by atoms with van der Waals surface area (Å²) in [6.07, 6.45) is 3.70. The van der Waals surface area contributed by atoms with Crippen molar-refractivity contribution in [3.63, 3.8) is 0 Å². The molecule has 4 rings (SSSR count). The highest BCUT2D eigenvalue weighted by Gasteiger charge is 2.19. The van der Waals surface area contributed by atoms with Gasteiger partial charge in [-0.25, -0.2) is 4.39 Å². The minimum Gasteiger partial charge on any atom is -0.368 e. The number of aromatic nitrogens is 2. The lowest BCUT2D eigenvalue weighted by Crippen LogP contribution is -2.42. The molecule has 1 atom stereocenters. The number of hydrogen-bond acceptors (Lipinski definition) is 3. The van der Waals surface area contributed by atoms with Crippen LogP contribution in [-0.4, -0.2) is 28.1 Å². The summed E-state index contributed by atoms with van der Waals surface area (Å²) in [4.78, 5) is 23.5. The molecule has 0 bridgehead atoms. The fraction of sp³-hybridized carbons (Fsp3) is 0.0870. The van der Waals surface area contributed by atoms with Crippen molar-refractivity contribution in [1.29, 1.82) is 0 Å². The van der Waals surface area contributed by atoms with Crippen LogP contribution in [0.15, 0.2) is 54.6 Å². The Bertz CT molecular complexity index is 1310. The smallest absolute Gasteiger partial charge is 0.254 e. The molecule has 1 heterocycles. The number of halogens is 1. The van der Waals surface area contributed by atoms with E-state index in [9.17, 15) is 14.0 Å². The van der Waals surface area contributed by atoms with Crippen LogP contribution in [-0.2, 0) is 4.79 Å². The number of benzene rings is 3. The molecular weight excluding hydrogens is 383 g/mol. The molecule has 0 radical (unpaired) electrons. The van der Waals surface area contributed by atoms with Crippen molar-refractivity contribution < 1.29 is 14.0 Å². The van der Waals surface area contributed by atoms with Gasteiger partial charge >= 0.3 is 0 Å². The summed E-state index contributed by atoms with van der Waals surface area (Å²) in [6, 6.07) is 15.9. The zero-order chi connectivity index (χ0) is 21.3. The van der Waals surface area contributed by atoms with Gasteiger partial charge in [0.05, 0.1) is 16.8 Å². The third kappa shape index (κ3) is 3.77. The van der Waals surface area contributed by atoms with Gasteiger partial charge in [-0.3, -0.25) is 14.7 Å². The van der Waals surface area contributed by atoms with Crippen molar-refractivity contribution in [1.82, 2.24) is 15.5 Å². The number of aromatic amines is 1. The molecule has 30 heavy (non-hydrogen) atoms. The molecular formula is C23H19FN4O2. The van der Waals surface area contributed by atoms with Crippen LogP contribution in [0.25, 0.3) is 33.8 Å². The molecule has 4 aromatic rings. The van der Waals surface area contributed by atoms with E-state index in [0.29, 0.717) is 16.6 Å². The van der Waals surface area contributed by atoms with Gasteiger partial charge in [-0.15, -0.1) is 0 Å². The number of nitrogens with two attached hydrogens (primary N) is 1. The number of nitrogens with one attached hydrogen (secondary N) is 2. The van der Waals surface area contributed by atoms with Crippen molar-refractivity contribution in [3.8, 4) is 0 Å². The first-order valence-corrected chi connectivity index (χ1v) is 9.37. The Morgan fingerprint density at radius 2 is 1.87 bits per heavy atom. The zero-order valence-electron chi connectivity index (χ0n) is 16.1. The molecule has 0 aliphatic rings. The Balaban J connectivity index is 1.66. The van der Waals surface area contributed by atoms with E-state index in [2.05, 4.69) is 21.6 Å². The number of primary amides is 1. The quantitative estimate of drug-likeness (QED) is 0.475. The highest BCUT2D eigenvalue weighted by Crippen LogP contribution is 2.23. The summed E-state index contributed by atoms with van der Waals surface area (Å²) in [6.45, 7) is 1.44. The normalized spacial score (nSPS) is 12.5. The van der Waals surface area contributed by atoms with Gasteiger partial charge in [-0.05, 0) is 41.5 Å². The van der Waals surface area contributed by atoms with E-state index < -0.39 is 23.7 Å². The zero-order valence-corrected chi connectivity index (χ0v) is 16.1. The third-order valence-corrected chi connectivity index (χ3v) is 4.91. The first-order valence-electron chi connectivity index (χ1n) is 9.37. The highest BCUT2D eigenvalue weighted by atomic mass is 19.1. The number of carbonyl (C=O) groups excluding carboxylic acids is 2. The SMILES string of the molecule is C[C@H](NC(=O)c1cc2c(/C=C/c3ccc4ccccc4c3)n[nH]c2cc1F)C(N)=O. The molecule has 4 N–H and O–H groups in total. The first-order chi connectivity index (χ1) is 14.4. The van der Waals surface area contributed by atoms with Gasteiger partial charge in [-0.2, -0.15) is 5.10 Å². The summed E-state index contributed by atoms with van der Waals surface area (Å²) in [5, 5.41) is 12.2. The van der Waals surface area contributed by atoms with E-state index in [4.69, 9.17) is 5.73 Å². The molecule has 2 amide bonds. The lowest BCUT2D eigenvalue weighted by Gasteiger charge is -2.10. The summed E-state index contributed by atoms with van der Waals surface area (Å²) in [5.74, 6) is -2.14. The molecule has 0 aliphatic carbocycles. The van der Waals surface area contributed by atoms with E-state index in [1.54, 1.807) is 6.08 Å². The summed E-state index contributed by atoms with van der Waals surface area (Å²) in [5.41, 5.74) is 6.99. The van der Waals surface area contributed by atoms with Gasteiger partial charge in [0.15, 0.2) is 0 Å². The second kappa shape index (κ2) is 7.79. The lowest BCUT2D eigenvalue weighted by atomic mass is 10.1. The van der Waals surface area contributed by atoms with Crippen LogP contribution in [0, 0.1) is 5.82 Å². The number of amides is 2. The van der Waals surface area contributed by atoms with Crippen LogP contribution in [0.2, 0.25) is 0 Å². The number of H-pyrrole nitrogens is 1. The maximum atomic E-state index is 14.4. The fourth-order valence-electron chi connectivity index (χ4n) is 3.19. The molecule has 0 fully saturated rings. The Morgan fingerprint density at radius 3 is 2.63 bits per heavy atom. The van der Waals surface area contributed by atoms with Crippen LogP contribution in [0.3, 0.4) is 0 Å². The van der Waals surface area contributed by atoms with Crippen molar-refractivity contribution in [3.05, 3.63) is 77.2 Å². The van der Waals surface area contributed by atoms with Gasteiger partial charge in [0, 0.05) is 11.5 Å². The van der Waals surface area contributed by atoms with Gasteiger partial charge in [-0.1, -0.05) is 42.5 Å². The third-order valence-electron chi connectivity index (χ3n) is 4.91. The highest BCUT2D eigenvalue weighted by molar-refractivity contribution is 6.02. The Morgan fingerprint density at radius 1 is 1.10 bits per heavy atom. The second-order valence-electron chi connectivity index (χ2n) is 7.02. The predicted molar refractivity (Wildman–Crippen MR) is 115 cm³/mol. The Labute approximate surface area is 171 Å². The molecule has 0 spiro atoms. The van der Waals surface area contributed by atoms with E-state index in [0.717, 1.165) is 16.3 Å². The average molecular weight is 402 g/mol. The van der Waals surface area contributed by atoms with Crippen LogP contribution < -0.4 is 11.1 Å². The summed E-state index contributed by atoms with van der Waals surface area (Å²) in [7, 11) is 0. The first kappa shape index (κ1) is 19.3. The van der Waals surface area contributed by atoms with E-state index in [1.165, 1.54) is 19.1 Å². The van der Waals surface area contributed by atoms with Crippen LogP contribution in [0.5, 0.6) is 0 Å². The van der Waals surface area contributed by atoms with E-state index >= 15 is 0 Å². The second-order valence-corrected chi connectivity index (χ2v) is 7.02. The fourth-order valence-corrected chi connectivity index (χ4v) is 3.19. The molecule has 0 saturated heterocycles. The van der Waals surface area contributed by atoms with Crippen LogP contribution in [0.1, 0.15) is 28.5 Å². The van der Waals surface area contributed by atoms with Crippen molar-refractivity contribution in [2.75, 3.05) is 0 Å². The standard InChI is InChI=1S/C23H19FN4O2/c1-13(22(25)29)26-23(30)17-11-18-20(27-28-21(18)12-19(17)24)9-7-14-6-8-15-4-2-3-5-16(15)10-14/h2-13H,1H3,(H2,25,29)(H,26,30)(H,27,28)/b9-7+/t13-/m0/s1. The molecule has 6 nitrogen and oxygen atoms in total. The predicted octanol–water partition coefficient (Wildman–Crippen LogP) is 3.63.